The minimum atomic E-state index is -0.605. The van der Waals surface area contributed by atoms with E-state index in [1.54, 1.807) is 36.0 Å². The van der Waals surface area contributed by atoms with E-state index in [9.17, 15) is 14.7 Å². The van der Waals surface area contributed by atoms with Gasteiger partial charge in [-0.2, -0.15) is 5.10 Å². The summed E-state index contributed by atoms with van der Waals surface area (Å²) in [6.45, 7) is 3.59. The van der Waals surface area contributed by atoms with Gasteiger partial charge in [0, 0.05) is 28.5 Å². The fraction of sp³-hybridized carbons (Fsp3) is 0.290. The van der Waals surface area contributed by atoms with Gasteiger partial charge in [-0.05, 0) is 35.7 Å². The number of rotatable bonds is 10. The third-order valence-electron chi connectivity index (χ3n) is 7.07. The van der Waals surface area contributed by atoms with E-state index >= 15 is 0 Å². The summed E-state index contributed by atoms with van der Waals surface area (Å²) in [6.07, 6.45) is 0.701. The lowest BCUT2D eigenvalue weighted by atomic mass is 9.91. The maximum absolute atomic E-state index is 12.7. The van der Waals surface area contributed by atoms with E-state index in [1.165, 1.54) is 13.3 Å². The maximum atomic E-state index is 12.7. The van der Waals surface area contributed by atoms with Crippen LogP contribution >= 0.6 is 11.8 Å². The molecule has 3 aromatic carbocycles. The Hall–Kier alpha value is -3.83. The first-order chi connectivity index (χ1) is 19.9. The largest absolute Gasteiger partial charge is 0.392 e. The lowest BCUT2D eigenvalue weighted by Crippen LogP contribution is -2.38. The molecule has 1 unspecified atom stereocenters. The molecule has 1 aliphatic heterocycles. The summed E-state index contributed by atoms with van der Waals surface area (Å²) in [6, 6.07) is 22.3. The van der Waals surface area contributed by atoms with Crippen molar-refractivity contribution in [3.63, 3.8) is 0 Å². The molecule has 0 spiro atoms. The highest BCUT2D eigenvalue weighted by atomic mass is 32.2. The van der Waals surface area contributed by atoms with E-state index in [4.69, 9.17) is 9.47 Å². The Kier molecular flexibility index (Phi) is 9.25. The Morgan fingerprint density at radius 1 is 1.00 bits per heavy atom. The average molecular weight is 573 g/mol. The van der Waals surface area contributed by atoms with Gasteiger partial charge in [-0.1, -0.05) is 79.3 Å². The molecule has 212 valence electrons. The molecule has 0 saturated carbocycles. The third-order valence-corrected chi connectivity index (χ3v) is 8.04. The molecular formula is C31H32N4O5S. The zero-order valence-electron chi connectivity index (χ0n) is 22.8. The summed E-state index contributed by atoms with van der Waals surface area (Å²) in [5.41, 5.74) is 4.68. The van der Waals surface area contributed by atoms with Crippen LogP contribution in [0.4, 0.5) is 5.69 Å². The minimum absolute atomic E-state index is 0.0152. The molecule has 9 nitrogen and oxygen atoms in total. The van der Waals surface area contributed by atoms with Crippen LogP contribution in [0.3, 0.4) is 0 Å². The van der Waals surface area contributed by atoms with Crippen molar-refractivity contribution in [2.45, 2.75) is 50.5 Å². The summed E-state index contributed by atoms with van der Waals surface area (Å²) in [7, 11) is 0. The van der Waals surface area contributed by atoms with Crippen molar-refractivity contribution < 1.29 is 24.2 Å². The third kappa shape index (κ3) is 7.28. The number of thioether (sulfide) groups is 1. The molecule has 1 aromatic heterocycles. The number of carbonyl (C=O) groups excluding carboxylic acids is 2. The molecule has 4 atom stereocenters. The second-order valence-electron chi connectivity index (χ2n) is 10.0. The molecule has 1 saturated heterocycles. The molecule has 3 N–H and O–H groups in total. The summed E-state index contributed by atoms with van der Waals surface area (Å²) < 4.78 is 13.0. The number of aliphatic hydroxyl groups excluding tert-OH is 1. The Bertz CT molecular complexity index is 1460. The Morgan fingerprint density at radius 2 is 1.73 bits per heavy atom. The van der Waals surface area contributed by atoms with Gasteiger partial charge >= 0.3 is 0 Å². The van der Waals surface area contributed by atoms with Gasteiger partial charge < -0.3 is 19.9 Å². The van der Waals surface area contributed by atoms with E-state index in [1.807, 2.05) is 48.5 Å². The number of nitrogens with zero attached hydrogens (tertiary/aromatic N) is 2. The van der Waals surface area contributed by atoms with E-state index in [2.05, 4.69) is 27.4 Å². The number of Topliss-reactive ketones (excluding diaryl/α,β-unsaturated/α-hetero) is 1. The van der Waals surface area contributed by atoms with E-state index in [0.717, 1.165) is 27.4 Å². The summed E-state index contributed by atoms with van der Waals surface area (Å²) >= 11 is 1.54. The van der Waals surface area contributed by atoms with Gasteiger partial charge in [-0.25, -0.2) is 4.98 Å². The highest BCUT2D eigenvalue weighted by Gasteiger charge is 2.38. The van der Waals surface area contributed by atoms with Crippen molar-refractivity contribution >= 4 is 29.1 Å². The van der Waals surface area contributed by atoms with Crippen molar-refractivity contribution in [1.82, 2.24) is 15.2 Å². The predicted molar refractivity (Wildman–Crippen MR) is 155 cm³/mol. The number of aromatic nitrogens is 3. The van der Waals surface area contributed by atoms with Crippen molar-refractivity contribution in [3.8, 4) is 0 Å². The van der Waals surface area contributed by atoms with Gasteiger partial charge in [-0.3, -0.25) is 14.7 Å². The standard InChI is InChI=1S/C31H32N4O5S/c1-19-27(17-41-31-32-18-33-35-31)39-30(40-29(19)23-10-8-22(16-36)9-11-23)24-12-6-21(7-13-24)14-28(38)34-26-5-3-4-25(15-26)20(2)37/h3-13,15,18-19,27,29-30,36H,14,16-17H2,1-2H3,(H,34,38)(H,32,33,35)/t19-,27+,29+,30?/m0/s1. The van der Waals surface area contributed by atoms with Gasteiger partial charge in [0.15, 0.2) is 17.2 Å². The molecular weight excluding hydrogens is 540 g/mol. The molecule has 0 bridgehead atoms. The Morgan fingerprint density at radius 3 is 2.41 bits per heavy atom. The molecule has 1 aliphatic rings. The number of ether oxygens (including phenoxy) is 2. The van der Waals surface area contributed by atoms with E-state index in [0.29, 0.717) is 17.0 Å². The van der Waals surface area contributed by atoms with Crippen LogP contribution in [-0.2, 0) is 27.3 Å². The van der Waals surface area contributed by atoms with Crippen molar-refractivity contribution in [2.24, 2.45) is 5.92 Å². The number of hydrogen-bond acceptors (Lipinski definition) is 8. The van der Waals surface area contributed by atoms with Crippen LogP contribution in [0.5, 0.6) is 0 Å². The van der Waals surface area contributed by atoms with Crippen LogP contribution in [0, 0.1) is 5.92 Å². The van der Waals surface area contributed by atoms with Crippen LogP contribution in [0.1, 0.15) is 58.9 Å². The number of hydrogen-bond donors (Lipinski definition) is 3. The first-order valence-electron chi connectivity index (χ1n) is 13.4. The SMILES string of the molecule is CC(=O)c1cccc(NC(=O)Cc2ccc(C3O[C@H](CSc4ncn[nH]4)[C@H](C)[C@H](c4ccc(CO)cc4)O3)cc2)c1. The van der Waals surface area contributed by atoms with Crippen molar-refractivity contribution in [2.75, 3.05) is 11.1 Å². The van der Waals surface area contributed by atoms with Crippen molar-refractivity contribution in [1.29, 1.82) is 0 Å². The molecule has 10 heteroatoms. The highest BCUT2D eigenvalue weighted by molar-refractivity contribution is 7.99. The van der Waals surface area contributed by atoms with Gasteiger partial charge in [0.1, 0.15) is 6.33 Å². The van der Waals surface area contributed by atoms with Gasteiger partial charge in [-0.15, -0.1) is 0 Å². The zero-order valence-corrected chi connectivity index (χ0v) is 23.6. The highest BCUT2D eigenvalue weighted by Crippen LogP contribution is 2.42. The Labute approximate surface area is 242 Å². The molecule has 4 aromatic rings. The van der Waals surface area contributed by atoms with E-state index < -0.39 is 6.29 Å². The smallest absolute Gasteiger partial charge is 0.228 e. The number of aromatic amines is 1. The zero-order chi connectivity index (χ0) is 28.8. The fourth-order valence-electron chi connectivity index (χ4n) is 4.73. The molecule has 2 heterocycles. The lowest BCUT2D eigenvalue weighted by molar-refractivity contribution is -0.268. The number of anilines is 1. The number of ketones is 1. The average Bonchev–Trinajstić information content (AvgIpc) is 3.51. The monoisotopic (exact) mass is 572 g/mol. The van der Waals surface area contributed by atoms with Crippen LogP contribution in [0.15, 0.2) is 84.3 Å². The topological polar surface area (TPSA) is 126 Å². The van der Waals surface area contributed by atoms with Crippen molar-refractivity contribution in [3.05, 3.63) is 107 Å². The molecule has 1 fully saturated rings. The quantitative estimate of drug-likeness (QED) is 0.173. The molecule has 0 aliphatic carbocycles. The van der Waals surface area contributed by atoms with Gasteiger partial charge in [0.25, 0.3) is 0 Å². The number of carbonyl (C=O) groups is 2. The van der Waals surface area contributed by atoms with Crippen LogP contribution in [0.25, 0.3) is 0 Å². The fourth-order valence-corrected chi connectivity index (χ4v) is 5.68. The minimum Gasteiger partial charge on any atom is -0.392 e. The number of H-pyrrole nitrogens is 1. The van der Waals surface area contributed by atoms with Crippen LogP contribution < -0.4 is 5.32 Å². The Balaban J connectivity index is 1.29. The summed E-state index contributed by atoms with van der Waals surface area (Å²) in [5.74, 6) is 0.478. The number of aliphatic hydroxyl groups is 1. The lowest BCUT2D eigenvalue weighted by Gasteiger charge is -2.41. The van der Waals surface area contributed by atoms with Gasteiger partial charge in [0.05, 0.1) is 25.2 Å². The normalized spacial score (nSPS) is 20.5. The maximum Gasteiger partial charge on any atom is 0.228 e. The summed E-state index contributed by atoms with van der Waals surface area (Å²) in [4.78, 5) is 28.5. The second-order valence-corrected chi connectivity index (χ2v) is 11.0. The second kappa shape index (κ2) is 13.2. The molecule has 0 radical (unpaired) electrons. The number of nitrogens with one attached hydrogen (secondary N) is 2. The number of amides is 1. The van der Waals surface area contributed by atoms with Crippen LogP contribution in [0.2, 0.25) is 0 Å². The van der Waals surface area contributed by atoms with Crippen LogP contribution in [-0.4, -0.2) is 43.8 Å². The number of benzene rings is 3. The molecule has 5 rings (SSSR count). The van der Waals surface area contributed by atoms with Gasteiger partial charge in [0.2, 0.25) is 5.91 Å². The molecule has 41 heavy (non-hydrogen) atoms. The summed E-state index contributed by atoms with van der Waals surface area (Å²) in [5, 5.41) is 19.8. The molecule has 1 amide bonds. The van der Waals surface area contributed by atoms with E-state index in [-0.39, 0.29) is 42.8 Å². The first kappa shape index (κ1) is 28.7. The first-order valence-corrected chi connectivity index (χ1v) is 14.4. The predicted octanol–water partition coefficient (Wildman–Crippen LogP) is 5.26.